The van der Waals surface area contributed by atoms with E-state index < -0.39 is 5.60 Å². The Hall–Kier alpha value is -0.580. The van der Waals surface area contributed by atoms with Crippen molar-refractivity contribution >= 4 is 15.9 Å². The first-order chi connectivity index (χ1) is 7.66. The molecule has 1 aromatic rings. The summed E-state index contributed by atoms with van der Waals surface area (Å²) in [4.78, 5) is 0. The van der Waals surface area contributed by atoms with Crippen molar-refractivity contribution in [3.63, 3.8) is 0 Å². The molecule has 0 saturated heterocycles. The topological polar surface area (TPSA) is 38.7 Å². The summed E-state index contributed by atoms with van der Waals surface area (Å²) in [7, 11) is 0. The Balaban J connectivity index is 1.92. The maximum absolute atomic E-state index is 9.92. The third kappa shape index (κ3) is 1.97. The first kappa shape index (κ1) is 10.6. The Labute approximate surface area is 102 Å². The van der Waals surface area contributed by atoms with Gasteiger partial charge in [-0.25, -0.2) is 0 Å². The maximum Gasteiger partial charge on any atom is 0.189 e. The van der Waals surface area contributed by atoms with E-state index in [0.29, 0.717) is 19.8 Å². The smallest absolute Gasteiger partial charge is 0.189 e. The predicted octanol–water partition coefficient (Wildman–Crippen LogP) is 2.38. The number of hydrogen-bond donors (Lipinski definition) is 1. The minimum absolute atomic E-state index is 0.318. The lowest BCUT2D eigenvalue weighted by molar-refractivity contribution is -0.0165. The molecule has 1 aliphatic carbocycles. The first-order valence-corrected chi connectivity index (χ1v) is 6.20. The van der Waals surface area contributed by atoms with Gasteiger partial charge in [0.05, 0.1) is 12.2 Å². The van der Waals surface area contributed by atoms with Gasteiger partial charge in [-0.15, -0.1) is 0 Å². The van der Waals surface area contributed by atoms with Crippen LogP contribution in [0.15, 0.2) is 16.6 Å². The fourth-order valence-corrected chi connectivity index (χ4v) is 2.48. The van der Waals surface area contributed by atoms with Crippen LogP contribution < -0.4 is 4.74 Å². The summed E-state index contributed by atoms with van der Waals surface area (Å²) in [5.41, 5.74) is 1.70. The van der Waals surface area contributed by atoms with Crippen molar-refractivity contribution in [3.05, 3.63) is 27.7 Å². The largest absolute Gasteiger partial charge is 0.467 e. The van der Waals surface area contributed by atoms with Crippen LogP contribution in [0.1, 0.15) is 24.0 Å². The molecule has 0 aromatic heterocycles. The summed E-state index contributed by atoms with van der Waals surface area (Å²) in [6.45, 7) is 0.914. The summed E-state index contributed by atoms with van der Waals surface area (Å²) in [5, 5.41) is 9.92. The van der Waals surface area contributed by atoms with E-state index in [1.807, 2.05) is 12.1 Å². The molecule has 0 unspecified atom stereocenters. The molecule has 1 fully saturated rings. The Kier molecular flexibility index (Phi) is 2.46. The highest BCUT2D eigenvalue weighted by Crippen LogP contribution is 2.41. The van der Waals surface area contributed by atoms with Gasteiger partial charge in [0.2, 0.25) is 0 Å². The summed E-state index contributed by atoms with van der Waals surface area (Å²) in [6, 6.07) is 4.04. The number of hydrogen-bond acceptors (Lipinski definition) is 3. The van der Waals surface area contributed by atoms with Crippen LogP contribution in [0.25, 0.3) is 0 Å². The van der Waals surface area contributed by atoms with Crippen molar-refractivity contribution in [2.24, 2.45) is 0 Å². The van der Waals surface area contributed by atoms with Gasteiger partial charge in [0.25, 0.3) is 0 Å². The van der Waals surface area contributed by atoms with Crippen LogP contribution in [-0.2, 0) is 17.8 Å². The van der Waals surface area contributed by atoms with Gasteiger partial charge in [0.1, 0.15) is 5.75 Å². The number of fused-ring (bicyclic) bond motifs is 1. The average Bonchev–Trinajstić information content (AvgIpc) is 2.97. The van der Waals surface area contributed by atoms with Crippen molar-refractivity contribution in [2.45, 2.75) is 31.5 Å². The molecule has 0 atom stereocenters. The van der Waals surface area contributed by atoms with E-state index in [0.717, 1.165) is 34.2 Å². The van der Waals surface area contributed by atoms with Crippen molar-refractivity contribution in [3.8, 4) is 5.75 Å². The van der Waals surface area contributed by atoms with E-state index in [-0.39, 0.29) is 0 Å². The molecule has 1 N–H and O–H groups in total. The average molecular weight is 285 g/mol. The molecule has 3 nitrogen and oxygen atoms in total. The van der Waals surface area contributed by atoms with Crippen molar-refractivity contribution in [1.82, 2.24) is 0 Å². The summed E-state index contributed by atoms with van der Waals surface area (Å²) < 4.78 is 11.7. The number of rotatable bonds is 2. The minimum Gasteiger partial charge on any atom is -0.467 e. The SMILES string of the molecule is OC1(Cc2cc3c(cc2Br)COCO3)CC1. The number of aliphatic hydroxyl groups is 1. The molecule has 0 spiro atoms. The van der Waals surface area contributed by atoms with Crippen molar-refractivity contribution in [1.29, 1.82) is 0 Å². The molecule has 2 aliphatic rings. The van der Waals surface area contributed by atoms with Crippen molar-refractivity contribution in [2.75, 3.05) is 6.79 Å². The fraction of sp³-hybridized carbons (Fsp3) is 0.500. The van der Waals surface area contributed by atoms with Crippen LogP contribution in [0.5, 0.6) is 5.75 Å². The predicted molar refractivity (Wildman–Crippen MR) is 62.3 cm³/mol. The summed E-state index contributed by atoms with van der Waals surface area (Å²) >= 11 is 3.53. The quantitative estimate of drug-likeness (QED) is 0.906. The molecule has 86 valence electrons. The minimum atomic E-state index is -0.470. The van der Waals surface area contributed by atoms with Gasteiger partial charge in [-0.3, -0.25) is 0 Å². The van der Waals surface area contributed by atoms with E-state index in [4.69, 9.17) is 9.47 Å². The molecule has 1 heterocycles. The Morgan fingerprint density at radius 2 is 2.19 bits per heavy atom. The Morgan fingerprint density at radius 1 is 1.38 bits per heavy atom. The van der Waals surface area contributed by atoms with Crippen LogP contribution in [0, 0.1) is 0 Å². The van der Waals surface area contributed by atoms with E-state index in [9.17, 15) is 5.11 Å². The van der Waals surface area contributed by atoms with Gasteiger partial charge in [-0.2, -0.15) is 0 Å². The first-order valence-electron chi connectivity index (χ1n) is 5.41. The van der Waals surface area contributed by atoms with Gasteiger partial charge in [0.15, 0.2) is 6.79 Å². The monoisotopic (exact) mass is 284 g/mol. The lowest BCUT2D eigenvalue weighted by atomic mass is 10.0. The molecule has 0 amide bonds. The molecule has 3 rings (SSSR count). The molecule has 1 saturated carbocycles. The lowest BCUT2D eigenvalue weighted by Gasteiger charge is -2.20. The highest BCUT2D eigenvalue weighted by atomic mass is 79.9. The molecule has 16 heavy (non-hydrogen) atoms. The highest BCUT2D eigenvalue weighted by molar-refractivity contribution is 9.10. The molecule has 0 radical (unpaired) electrons. The van der Waals surface area contributed by atoms with E-state index in [1.54, 1.807) is 0 Å². The second-order valence-corrected chi connectivity index (χ2v) is 5.42. The van der Waals surface area contributed by atoms with Crippen LogP contribution >= 0.6 is 15.9 Å². The second kappa shape index (κ2) is 3.72. The Bertz CT molecular complexity index is 427. The summed E-state index contributed by atoms with van der Waals surface area (Å²) in [6.07, 6.45) is 2.51. The summed E-state index contributed by atoms with van der Waals surface area (Å²) in [5.74, 6) is 0.883. The van der Waals surface area contributed by atoms with E-state index in [2.05, 4.69) is 15.9 Å². The molecule has 1 aliphatic heterocycles. The normalized spacial score (nSPS) is 21.1. The zero-order valence-corrected chi connectivity index (χ0v) is 10.4. The molecule has 0 bridgehead atoms. The van der Waals surface area contributed by atoms with Gasteiger partial charge < -0.3 is 14.6 Å². The van der Waals surface area contributed by atoms with Crippen LogP contribution in [0.2, 0.25) is 0 Å². The van der Waals surface area contributed by atoms with Gasteiger partial charge >= 0.3 is 0 Å². The molecule has 4 heteroatoms. The maximum atomic E-state index is 9.92. The fourth-order valence-electron chi connectivity index (χ4n) is 1.95. The standard InChI is InChI=1S/C12H13BrO3/c13-10-3-9-6-15-7-16-11(9)4-8(10)5-12(14)1-2-12/h3-4,14H,1-2,5-7H2. The van der Waals surface area contributed by atoms with Crippen LogP contribution in [0.3, 0.4) is 0 Å². The Morgan fingerprint density at radius 3 is 2.94 bits per heavy atom. The second-order valence-electron chi connectivity index (χ2n) is 4.56. The number of benzene rings is 1. The third-order valence-corrected chi connectivity index (χ3v) is 3.87. The van der Waals surface area contributed by atoms with Crippen LogP contribution in [-0.4, -0.2) is 17.5 Å². The number of halogens is 1. The van der Waals surface area contributed by atoms with Gasteiger partial charge in [-0.05, 0) is 30.5 Å². The zero-order chi connectivity index (χ0) is 11.2. The van der Waals surface area contributed by atoms with Crippen LogP contribution in [0.4, 0.5) is 0 Å². The number of ether oxygens (including phenoxy) is 2. The highest BCUT2D eigenvalue weighted by Gasteiger charge is 2.40. The molecule has 1 aromatic carbocycles. The van der Waals surface area contributed by atoms with Crippen molar-refractivity contribution < 1.29 is 14.6 Å². The molecular weight excluding hydrogens is 272 g/mol. The molecular formula is C12H13BrO3. The van der Waals surface area contributed by atoms with Gasteiger partial charge in [0, 0.05) is 16.5 Å². The van der Waals surface area contributed by atoms with E-state index >= 15 is 0 Å². The van der Waals surface area contributed by atoms with E-state index in [1.165, 1.54) is 0 Å². The zero-order valence-electron chi connectivity index (χ0n) is 8.83. The lowest BCUT2D eigenvalue weighted by Crippen LogP contribution is -2.14. The third-order valence-electron chi connectivity index (χ3n) is 3.13. The van der Waals surface area contributed by atoms with Gasteiger partial charge in [-0.1, -0.05) is 15.9 Å².